The van der Waals surface area contributed by atoms with Gasteiger partial charge in [-0.15, -0.1) is 5.10 Å². The Balaban J connectivity index is 1.44. The van der Waals surface area contributed by atoms with Gasteiger partial charge in [-0.25, -0.2) is 4.98 Å². The van der Waals surface area contributed by atoms with Crippen LogP contribution in [-0.4, -0.2) is 40.3 Å². The second-order valence-electron chi connectivity index (χ2n) is 6.47. The van der Waals surface area contributed by atoms with Crippen molar-refractivity contribution in [1.29, 1.82) is 0 Å². The summed E-state index contributed by atoms with van der Waals surface area (Å²) in [5.74, 6) is 2.37. The van der Waals surface area contributed by atoms with E-state index in [1.54, 1.807) is 44.6 Å². The number of carbonyl (C=O) groups excluding carboxylic acids is 1. The quantitative estimate of drug-likeness (QED) is 0.382. The fourth-order valence-electron chi connectivity index (χ4n) is 2.83. The molecule has 0 aliphatic carbocycles. The van der Waals surface area contributed by atoms with E-state index < -0.39 is 5.91 Å². The highest BCUT2D eigenvalue weighted by Gasteiger charge is 2.15. The van der Waals surface area contributed by atoms with Gasteiger partial charge in [0.15, 0.2) is 5.82 Å². The van der Waals surface area contributed by atoms with Crippen molar-refractivity contribution in [2.24, 2.45) is 0 Å². The Hall–Kier alpha value is -3.92. The Morgan fingerprint density at radius 1 is 1.03 bits per heavy atom. The van der Waals surface area contributed by atoms with Gasteiger partial charge in [0.05, 0.1) is 25.3 Å². The molecule has 9 nitrogen and oxygen atoms in total. The van der Waals surface area contributed by atoms with Crippen LogP contribution in [0.5, 0.6) is 23.1 Å². The second-order valence-corrected chi connectivity index (χ2v) is 7.39. The number of nitrogens with zero attached hydrogens (tertiary/aromatic N) is 3. The molecule has 0 saturated heterocycles. The van der Waals surface area contributed by atoms with Crippen LogP contribution in [0.15, 0.2) is 65.3 Å². The van der Waals surface area contributed by atoms with E-state index in [0.717, 1.165) is 4.47 Å². The molecule has 0 unspecified atom stereocenters. The van der Waals surface area contributed by atoms with E-state index in [0.29, 0.717) is 40.1 Å². The van der Waals surface area contributed by atoms with Crippen molar-refractivity contribution < 1.29 is 19.0 Å². The molecule has 2 N–H and O–H groups in total. The number of anilines is 1. The molecule has 0 aliphatic heterocycles. The molecule has 2 aromatic carbocycles. The predicted octanol–water partition coefficient (Wildman–Crippen LogP) is 4.69. The first-order valence-corrected chi connectivity index (χ1v) is 10.2. The molecule has 0 bridgehead atoms. The first kappa shape index (κ1) is 21.3. The third-order valence-corrected chi connectivity index (χ3v) is 4.88. The van der Waals surface area contributed by atoms with Gasteiger partial charge in [0, 0.05) is 22.8 Å². The third kappa shape index (κ3) is 4.86. The predicted molar refractivity (Wildman–Crippen MR) is 121 cm³/mol. The summed E-state index contributed by atoms with van der Waals surface area (Å²) in [5, 5.41) is 9.49. The zero-order valence-corrected chi connectivity index (χ0v) is 18.7. The Kier molecular flexibility index (Phi) is 6.31. The molecule has 1 amide bonds. The molecular weight excluding hydrogens is 478 g/mol. The van der Waals surface area contributed by atoms with Crippen molar-refractivity contribution in [2.75, 3.05) is 19.5 Å². The number of halogens is 1. The summed E-state index contributed by atoms with van der Waals surface area (Å²) in [4.78, 5) is 21.1. The maximum atomic E-state index is 12.5. The topological polar surface area (TPSA) is 111 Å². The lowest BCUT2D eigenvalue weighted by Crippen LogP contribution is -2.13. The molecule has 4 aromatic rings. The van der Waals surface area contributed by atoms with E-state index in [-0.39, 0.29) is 5.95 Å². The fraction of sp³-hybridized carbons (Fsp3) is 0.0909. The number of benzene rings is 2. The van der Waals surface area contributed by atoms with Gasteiger partial charge in [-0.3, -0.25) is 15.2 Å². The summed E-state index contributed by atoms with van der Waals surface area (Å²) in [6, 6.07) is 15.9. The molecule has 2 aromatic heterocycles. The van der Waals surface area contributed by atoms with Crippen molar-refractivity contribution in [3.63, 3.8) is 0 Å². The maximum absolute atomic E-state index is 12.5. The minimum atomic E-state index is -0.404. The highest BCUT2D eigenvalue weighted by molar-refractivity contribution is 9.10. The standard InChI is InChI=1S/C22H18BrN5O4/c1-30-15-7-8-17(18(11-15)31-2)20-25-22(28-27-20)26-21(29)13-6-9-19(24-12-13)32-16-5-3-4-14(23)10-16/h3-12H,1-2H3,(H2,25,26,27,28,29). The van der Waals surface area contributed by atoms with Gasteiger partial charge in [0.1, 0.15) is 17.2 Å². The lowest BCUT2D eigenvalue weighted by atomic mass is 10.2. The molecule has 0 radical (unpaired) electrons. The van der Waals surface area contributed by atoms with E-state index in [9.17, 15) is 4.79 Å². The van der Waals surface area contributed by atoms with Gasteiger partial charge in [-0.2, -0.15) is 4.98 Å². The molecule has 0 saturated carbocycles. The minimum absolute atomic E-state index is 0.123. The zero-order chi connectivity index (χ0) is 22.5. The molecule has 162 valence electrons. The molecule has 32 heavy (non-hydrogen) atoms. The van der Waals surface area contributed by atoms with Crippen LogP contribution in [0.4, 0.5) is 5.95 Å². The number of carbonyl (C=O) groups is 1. The number of pyridine rings is 1. The summed E-state index contributed by atoms with van der Waals surface area (Å²) >= 11 is 3.39. The number of H-pyrrole nitrogens is 1. The molecule has 10 heteroatoms. The molecule has 0 fully saturated rings. The summed E-state index contributed by atoms with van der Waals surface area (Å²) in [5.41, 5.74) is 1.01. The number of hydrogen-bond donors (Lipinski definition) is 2. The Bertz CT molecular complexity index is 1240. The van der Waals surface area contributed by atoms with Crippen molar-refractivity contribution >= 4 is 27.8 Å². The van der Waals surface area contributed by atoms with Crippen LogP contribution < -0.4 is 19.5 Å². The largest absolute Gasteiger partial charge is 0.497 e. The summed E-state index contributed by atoms with van der Waals surface area (Å²) in [6.45, 7) is 0. The Morgan fingerprint density at radius 3 is 2.62 bits per heavy atom. The normalized spacial score (nSPS) is 10.5. The number of amides is 1. The third-order valence-electron chi connectivity index (χ3n) is 4.39. The fourth-order valence-corrected chi connectivity index (χ4v) is 3.21. The highest BCUT2D eigenvalue weighted by Crippen LogP contribution is 2.31. The molecule has 0 aliphatic rings. The van der Waals surface area contributed by atoms with E-state index in [2.05, 4.69) is 41.4 Å². The van der Waals surface area contributed by atoms with Crippen LogP contribution >= 0.6 is 15.9 Å². The summed E-state index contributed by atoms with van der Waals surface area (Å²) < 4.78 is 17.2. The zero-order valence-electron chi connectivity index (χ0n) is 17.1. The maximum Gasteiger partial charge on any atom is 0.259 e. The molecule has 2 heterocycles. The Morgan fingerprint density at radius 2 is 1.91 bits per heavy atom. The number of nitrogens with one attached hydrogen (secondary N) is 2. The van der Waals surface area contributed by atoms with E-state index in [1.807, 2.05) is 24.3 Å². The number of ether oxygens (including phenoxy) is 3. The molecule has 4 rings (SSSR count). The van der Waals surface area contributed by atoms with E-state index in [1.165, 1.54) is 6.20 Å². The van der Waals surface area contributed by atoms with Crippen LogP contribution in [0.1, 0.15) is 10.4 Å². The first-order chi connectivity index (χ1) is 15.6. The van der Waals surface area contributed by atoms with Gasteiger partial charge >= 0.3 is 0 Å². The van der Waals surface area contributed by atoms with Crippen molar-refractivity contribution in [2.45, 2.75) is 0 Å². The lowest BCUT2D eigenvalue weighted by Gasteiger charge is -2.07. The van der Waals surface area contributed by atoms with Crippen LogP contribution in [0.3, 0.4) is 0 Å². The number of aromatic amines is 1. The second kappa shape index (κ2) is 9.48. The van der Waals surface area contributed by atoms with Gasteiger partial charge in [0.25, 0.3) is 5.91 Å². The van der Waals surface area contributed by atoms with Gasteiger partial charge < -0.3 is 14.2 Å². The van der Waals surface area contributed by atoms with Gasteiger partial charge in [-0.05, 0) is 36.4 Å². The first-order valence-electron chi connectivity index (χ1n) is 9.41. The molecule has 0 atom stereocenters. The summed E-state index contributed by atoms with van der Waals surface area (Å²) in [7, 11) is 3.12. The van der Waals surface area contributed by atoms with E-state index in [4.69, 9.17) is 14.2 Å². The van der Waals surface area contributed by atoms with Crippen LogP contribution in [0, 0.1) is 0 Å². The van der Waals surface area contributed by atoms with Crippen molar-refractivity contribution in [3.8, 4) is 34.5 Å². The number of hydrogen-bond acceptors (Lipinski definition) is 7. The average Bonchev–Trinajstić information content (AvgIpc) is 3.27. The lowest BCUT2D eigenvalue weighted by molar-refractivity contribution is 0.102. The number of rotatable bonds is 7. The van der Waals surface area contributed by atoms with Crippen LogP contribution in [0.25, 0.3) is 11.4 Å². The van der Waals surface area contributed by atoms with Crippen LogP contribution in [0.2, 0.25) is 0 Å². The minimum Gasteiger partial charge on any atom is -0.497 e. The summed E-state index contributed by atoms with van der Waals surface area (Å²) in [6.07, 6.45) is 1.42. The van der Waals surface area contributed by atoms with Crippen LogP contribution in [-0.2, 0) is 0 Å². The van der Waals surface area contributed by atoms with Crippen molar-refractivity contribution in [1.82, 2.24) is 20.2 Å². The smallest absolute Gasteiger partial charge is 0.259 e. The van der Waals surface area contributed by atoms with Gasteiger partial charge in [-0.1, -0.05) is 22.0 Å². The highest BCUT2D eigenvalue weighted by atomic mass is 79.9. The molecule has 0 spiro atoms. The van der Waals surface area contributed by atoms with Gasteiger partial charge in [0.2, 0.25) is 11.8 Å². The van der Waals surface area contributed by atoms with Crippen molar-refractivity contribution in [3.05, 3.63) is 70.8 Å². The molecular formula is C22H18BrN5O4. The average molecular weight is 496 g/mol. The SMILES string of the molecule is COc1ccc(-c2nc(NC(=O)c3ccc(Oc4cccc(Br)c4)nc3)n[nH]2)c(OC)c1. The Labute approximate surface area is 191 Å². The number of aromatic nitrogens is 4. The number of methoxy groups -OCH3 is 2. The van der Waals surface area contributed by atoms with E-state index >= 15 is 0 Å². The monoisotopic (exact) mass is 495 g/mol.